The number of amides is 1. The van der Waals surface area contributed by atoms with Gasteiger partial charge in [0.2, 0.25) is 0 Å². The van der Waals surface area contributed by atoms with E-state index in [0.29, 0.717) is 17.4 Å². The minimum Gasteiger partial charge on any atom is -0.340 e. The topological polar surface area (TPSA) is 33.2 Å². The summed E-state index contributed by atoms with van der Waals surface area (Å²) in [5.74, 6) is -0.0967. The van der Waals surface area contributed by atoms with Gasteiger partial charge >= 0.3 is 0 Å². The molecule has 1 amide bonds. The predicted molar refractivity (Wildman–Crippen MR) is 81.0 cm³/mol. The molecule has 0 atom stereocenters. The third-order valence-electron chi connectivity index (χ3n) is 3.08. The van der Waals surface area contributed by atoms with Crippen molar-refractivity contribution in [1.29, 1.82) is 0 Å². The zero-order chi connectivity index (χ0) is 14.4. The summed E-state index contributed by atoms with van der Waals surface area (Å²) in [5.41, 5.74) is 1.67. The number of nitrogens with zero attached hydrogens (tertiary/aromatic N) is 2. The van der Waals surface area contributed by atoms with Crippen LogP contribution >= 0.6 is 11.6 Å². The molecule has 3 nitrogen and oxygen atoms in total. The summed E-state index contributed by atoms with van der Waals surface area (Å²) in [6.07, 6.45) is 1.88. The van der Waals surface area contributed by atoms with E-state index < -0.39 is 0 Å². The summed E-state index contributed by atoms with van der Waals surface area (Å²) in [6, 6.07) is 15.3. The van der Waals surface area contributed by atoms with Gasteiger partial charge in [-0.15, -0.1) is 0 Å². The van der Waals surface area contributed by atoms with Gasteiger partial charge in [-0.05, 0) is 30.5 Å². The van der Waals surface area contributed by atoms with E-state index in [1.807, 2.05) is 18.2 Å². The standard InChI is InChI=1S/C16H17ClN2O/c1-19(12-6-9-13-7-3-2-4-8-13)16(20)14-10-5-11-15(17)18-14/h2-5,7-8,10-11H,6,9,12H2,1H3. The van der Waals surface area contributed by atoms with Crippen molar-refractivity contribution in [3.8, 4) is 0 Å². The normalized spacial score (nSPS) is 10.3. The third-order valence-corrected chi connectivity index (χ3v) is 3.29. The maximum atomic E-state index is 12.1. The molecule has 0 aliphatic carbocycles. The Morgan fingerprint density at radius 2 is 1.90 bits per heavy atom. The Balaban J connectivity index is 1.85. The molecule has 2 rings (SSSR count). The number of pyridine rings is 1. The highest BCUT2D eigenvalue weighted by molar-refractivity contribution is 6.29. The Labute approximate surface area is 124 Å². The second-order valence-electron chi connectivity index (χ2n) is 4.66. The van der Waals surface area contributed by atoms with Gasteiger partial charge in [0.15, 0.2) is 0 Å². The monoisotopic (exact) mass is 288 g/mol. The summed E-state index contributed by atoms with van der Waals surface area (Å²) in [5, 5.41) is 0.341. The molecule has 2 aromatic rings. The molecule has 4 heteroatoms. The van der Waals surface area contributed by atoms with Crippen molar-refractivity contribution in [3.05, 3.63) is 64.9 Å². The molecule has 0 aliphatic heterocycles. The first-order valence-electron chi connectivity index (χ1n) is 6.59. The molecule has 0 unspecified atom stereocenters. The number of rotatable bonds is 5. The smallest absolute Gasteiger partial charge is 0.272 e. The van der Waals surface area contributed by atoms with E-state index >= 15 is 0 Å². The zero-order valence-corrected chi connectivity index (χ0v) is 12.2. The Hall–Kier alpha value is -1.87. The van der Waals surface area contributed by atoms with Gasteiger partial charge in [0.25, 0.3) is 5.91 Å². The van der Waals surface area contributed by atoms with Crippen LogP contribution in [0.1, 0.15) is 22.5 Å². The molecular weight excluding hydrogens is 272 g/mol. The first-order valence-corrected chi connectivity index (χ1v) is 6.96. The largest absolute Gasteiger partial charge is 0.340 e. The molecule has 104 valence electrons. The molecule has 20 heavy (non-hydrogen) atoms. The maximum absolute atomic E-state index is 12.1. The lowest BCUT2D eigenvalue weighted by Crippen LogP contribution is -2.28. The van der Waals surface area contributed by atoms with Crippen LogP contribution in [0, 0.1) is 0 Å². The molecule has 0 aliphatic rings. The first kappa shape index (κ1) is 14.5. The van der Waals surface area contributed by atoms with Crippen molar-refractivity contribution < 1.29 is 4.79 Å². The lowest BCUT2D eigenvalue weighted by atomic mass is 10.1. The summed E-state index contributed by atoms with van der Waals surface area (Å²) < 4.78 is 0. The van der Waals surface area contributed by atoms with Gasteiger partial charge in [0.05, 0.1) is 0 Å². The third kappa shape index (κ3) is 4.07. The number of halogens is 1. The van der Waals surface area contributed by atoms with Crippen molar-refractivity contribution in [2.24, 2.45) is 0 Å². The fourth-order valence-electron chi connectivity index (χ4n) is 1.99. The molecule has 0 fully saturated rings. The van der Waals surface area contributed by atoms with Crippen LogP contribution in [-0.2, 0) is 6.42 Å². The number of benzene rings is 1. The number of carbonyl (C=O) groups excluding carboxylic acids is 1. The van der Waals surface area contributed by atoms with Gasteiger partial charge in [-0.25, -0.2) is 4.98 Å². The maximum Gasteiger partial charge on any atom is 0.272 e. The zero-order valence-electron chi connectivity index (χ0n) is 11.4. The number of aryl methyl sites for hydroxylation is 1. The number of hydrogen-bond donors (Lipinski definition) is 0. The molecule has 1 heterocycles. The van der Waals surface area contributed by atoms with E-state index in [0.717, 1.165) is 12.8 Å². The summed E-state index contributed by atoms with van der Waals surface area (Å²) in [4.78, 5) is 17.9. The van der Waals surface area contributed by atoms with Crippen molar-refractivity contribution in [3.63, 3.8) is 0 Å². The van der Waals surface area contributed by atoms with Crippen LogP contribution in [0.3, 0.4) is 0 Å². The average molecular weight is 289 g/mol. The predicted octanol–water partition coefficient (Wildman–Crippen LogP) is 3.44. The minimum absolute atomic E-state index is 0.0967. The van der Waals surface area contributed by atoms with E-state index in [-0.39, 0.29) is 5.91 Å². The second kappa shape index (κ2) is 7.06. The number of carbonyl (C=O) groups is 1. The fraction of sp³-hybridized carbons (Fsp3) is 0.250. The highest BCUT2D eigenvalue weighted by atomic mass is 35.5. The Kier molecular flexibility index (Phi) is 5.13. The van der Waals surface area contributed by atoms with Crippen molar-refractivity contribution >= 4 is 17.5 Å². The van der Waals surface area contributed by atoms with Crippen LogP contribution in [0.4, 0.5) is 0 Å². The minimum atomic E-state index is -0.0967. The van der Waals surface area contributed by atoms with E-state index in [1.165, 1.54) is 5.56 Å². The van der Waals surface area contributed by atoms with Gasteiger partial charge in [-0.1, -0.05) is 48.0 Å². The van der Waals surface area contributed by atoms with E-state index in [4.69, 9.17) is 11.6 Å². The highest BCUT2D eigenvalue weighted by Gasteiger charge is 2.12. The molecule has 0 bridgehead atoms. The van der Waals surface area contributed by atoms with Gasteiger partial charge in [0.1, 0.15) is 10.8 Å². The van der Waals surface area contributed by atoms with Crippen LogP contribution in [0.25, 0.3) is 0 Å². The van der Waals surface area contributed by atoms with Crippen molar-refractivity contribution in [2.45, 2.75) is 12.8 Å². The highest BCUT2D eigenvalue weighted by Crippen LogP contribution is 2.08. The molecule has 0 N–H and O–H groups in total. The molecule has 1 aromatic carbocycles. The van der Waals surface area contributed by atoms with E-state index in [1.54, 1.807) is 30.1 Å². The van der Waals surface area contributed by atoms with Crippen LogP contribution in [0.2, 0.25) is 5.15 Å². The summed E-state index contributed by atoms with van der Waals surface area (Å²) in [6.45, 7) is 0.696. The van der Waals surface area contributed by atoms with E-state index in [9.17, 15) is 4.79 Å². The quantitative estimate of drug-likeness (QED) is 0.790. The van der Waals surface area contributed by atoms with Crippen molar-refractivity contribution in [1.82, 2.24) is 9.88 Å². The van der Waals surface area contributed by atoms with Crippen LogP contribution in [0.5, 0.6) is 0 Å². The lowest BCUT2D eigenvalue weighted by molar-refractivity contribution is 0.0788. The first-order chi connectivity index (χ1) is 9.66. The van der Waals surface area contributed by atoms with E-state index in [2.05, 4.69) is 17.1 Å². The molecule has 0 spiro atoms. The molecule has 1 aromatic heterocycles. The Bertz CT molecular complexity index is 572. The molecule has 0 saturated heterocycles. The lowest BCUT2D eigenvalue weighted by Gasteiger charge is -2.16. The molecule has 0 radical (unpaired) electrons. The van der Waals surface area contributed by atoms with Crippen LogP contribution in [0.15, 0.2) is 48.5 Å². The molecular formula is C16H17ClN2O. The van der Waals surface area contributed by atoms with Crippen LogP contribution < -0.4 is 0 Å². The number of aromatic nitrogens is 1. The fourth-order valence-corrected chi connectivity index (χ4v) is 2.15. The summed E-state index contributed by atoms with van der Waals surface area (Å²) >= 11 is 5.80. The van der Waals surface area contributed by atoms with Gasteiger partial charge < -0.3 is 4.90 Å². The Morgan fingerprint density at radius 1 is 1.15 bits per heavy atom. The van der Waals surface area contributed by atoms with Crippen LogP contribution in [-0.4, -0.2) is 29.4 Å². The van der Waals surface area contributed by atoms with Gasteiger partial charge in [-0.2, -0.15) is 0 Å². The van der Waals surface area contributed by atoms with Gasteiger partial charge in [-0.3, -0.25) is 4.79 Å². The Morgan fingerprint density at radius 3 is 2.60 bits per heavy atom. The van der Waals surface area contributed by atoms with Crippen molar-refractivity contribution in [2.75, 3.05) is 13.6 Å². The number of hydrogen-bond acceptors (Lipinski definition) is 2. The average Bonchev–Trinajstić information content (AvgIpc) is 2.47. The molecule has 0 saturated carbocycles. The SMILES string of the molecule is CN(CCCc1ccccc1)C(=O)c1cccc(Cl)n1. The van der Waals surface area contributed by atoms with Gasteiger partial charge in [0, 0.05) is 13.6 Å². The second-order valence-corrected chi connectivity index (χ2v) is 5.05. The summed E-state index contributed by atoms with van der Waals surface area (Å²) in [7, 11) is 1.79.